The van der Waals surface area contributed by atoms with Crippen molar-refractivity contribution >= 4 is 22.0 Å². The van der Waals surface area contributed by atoms with Crippen LogP contribution in [0.2, 0.25) is 0 Å². The number of amides is 2. The number of benzene rings is 1. The number of nitrogens with zero attached hydrogens (tertiary/aromatic N) is 2. The number of hydrogen-bond donors (Lipinski definition) is 0. The minimum absolute atomic E-state index is 0.0402. The van der Waals surface area contributed by atoms with Crippen LogP contribution in [0.1, 0.15) is 12.0 Å². The van der Waals surface area contributed by atoms with Crippen molar-refractivity contribution in [2.75, 3.05) is 19.7 Å². The number of carbonyl (C=O) groups excluding carboxylic acids is 2. The third-order valence-electron chi connectivity index (χ3n) is 3.91. The third kappa shape index (κ3) is 3.20. The maximum Gasteiger partial charge on any atom is 0.417 e. The van der Waals surface area contributed by atoms with Crippen molar-refractivity contribution in [3.05, 3.63) is 35.6 Å². The summed E-state index contributed by atoms with van der Waals surface area (Å²) in [7, 11) is -3.65. The summed E-state index contributed by atoms with van der Waals surface area (Å²) >= 11 is 0. The molecule has 0 radical (unpaired) electrons. The monoisotopic (exact) mass is 342 g/mol. The summed E-state index contributed by atoms with van der Waals surface area (Å²) in [5, 5.41) is 0. The van der Waals surface area contributed by atoms with Gasteiger partial charge in [-0.05, 0) is 24.1 Å². The van der Waals surface area contributed by atoms with E-state index in [9.17, 15) is 22.4 Å². The molecule has 1 aromatic carbocycles. The van der Waals surface area contributed by atoms with Crippen LogP contribution >= 0.6 is 0 Å². The first-order valence-electron chi connectivity index (χ1n) is 7.08. The molecule has 2 saturated heterocycles. The SMILES string of the molecule is O=C1COC(=O)N1C1CCN(S(=O)(=O)Cc2cccc(F)c2)C1. The van der Waals surface area contributed by atoms with E-state index in [0.717, 1.165) is 4.90 Å². The van der Waals surface area contributed by atoms with Gasteiger partial charge in [0.15, 0.2) is 6.61 Å². The zero-order valence-electron chi connectivity index (χ0n) is 12.1. The lowest BCUT2D eigenvalue weighted by atomic mass is 10.2. The van der Waals surface area contributed by atoms with Gasteiger partial charge in [-0.15, -0.1) is 0 Å². The van der Waals surface area contributed by atoms with Crippen LogP contribution in [0.5, 0.6) is 0 Å². The lowest BCUT2D eigenvalue weighted by Gasteiger charge is -2.20. The zero-order valence-corrected chi connectivity index (χ0v) is 13.0. The van der Waals surface area contributed by atoms with Gasteiger partial charge >= 0.3 is 6.09 Å². The molecule has 2 aliphatic heterocycles. The summed E-state index contributed by atoms with van der Waals surface area (Å²) in [5.41, 5.74) is 0.352. The second-order valence-corrected chi connectivity index (χ2v) is 7.47. The molecule has 9 heteroatoms. The molecule has 0 bridgehead atoms. The standard InChI is InChI=1S/C14H15FN2O5S/c15-11-3-1-2-10(6-11)9-23(20,21)16-5-4-12(7-16)17-13(18)8-22-14(17)19/h1-3,6,12H,4-5,7-9H2. The molecule has 0 saturated carbocycles. The molecule has 23 heavy (non-hydrogen) atoms. The Balaban J connectivity index is 1.70. The van der Waals surface area contributed by atoms with Crippen LogP contribution in [0.4, 0.5) is 9.18 Å². The molecule has 2 aliphatic rings. The highest BCUT2D eigenvalue weighted by molar-refractivity contribution is 7.88. The Morgan fingerprint density at radius 1 is 1.30 bits per heavy atom. The number of sulfonamides is 1. The van der Waals surface area contributed by atoms with E-state index in [4.69, 9.17) is 0 Å². The van der Waals surface area contributed by atoms with Crippen LogP contribution in [-0.2, 0) is 25.3 Å². The average Bonchev–Trinajstić information content (AvgIpc) is 3.06. The van der Waals surface area contributed by atoms with E-state index in [1.165, 1.54) is 28.6 Å². The molecule has 7 nitrogen and oxygen atoms in total. The quantitative estimate of drug-likeness (QED) is 0.805. The predicted molar refractivity (Wildman–Crippen MR) is 77.2 cm³/mol. The molecule has 2 amide bonds. The van der Waals surface area contributed by atoms with Gasteiger partial charge in [0.2, 0.25) is 10.0 Å². The lowest BCUT2D eigenvalue weighted by molar-refractivity contribution is -0.127. The fourth-order valence-corrected chi connectivity index (χ4v) is 4.39. The Morgan fingerprint density at radius 2 is 2.09 bits per heavy atom. The fraction of sp³-hybridized carbons (Fsp3) is 0.429. The van der Waals surface area contributed by atoms with E-state index in [0.29, 0.717) is 12.0 Å². The van der Waals surface area contributed by atoms with Gasteiger partial charge in [-0.1, -0.05) is 12.1 Å². The maximum atomic E-state index is 13.2. The van der Waals surface area contributed by atoms with Gasteiger partial charge in [-0.3, -0.25) is 4.79 Å². The summed E-state index contributed by atoms with van der Waals surface area (Å²) in [6.07, 6.45) is -0.368. The van der Waals surface area contributed by atoms with Gasteiger partial charge in [0.25, 0.3) is 5.91 Å². The van der Waals surface area contributed by atoms with Gasteiger partial charge < -0.3 is 4.74 Å². The van der Waals surface area contributed by atoms with Gasteiger partial charge in [0.1, 0.15) is 5.82 Å². The normalized spacial score (nSPS) is 22.7. The Labute approximate surface area is 132 Å². The molecule has 0 aliphatic carbocycles. The van der Waals surface area contributed by atoms with Gasteiger partial charge in [0, 0.05) is 13.1 Å². The summed E-state index contributed by atoms with van der Waals surface area (Å²) in [6, 6.07) is 4.89. The molecule has 1 unspecified atom stereocenters. The summed E-state index contributed by atoms with van der Waals surface area (Å²) in [5.74, 6) is -1.28. The van der Waals surface area contributed by atoms with Crippen LogP contribution < -0.4 is 0 Å². The molecule has 2 heterocycles. The fourth-order valence-electron chi connectivity index (χ4n) is 2.82. The Morgan fingerprint density at radius 3 is 2.74 bits per heavy atom. The Bertz CT molecular complexity index is 735. The molecule has 1 aromatic rings. The highest BCUT2D eigenvalue weighted by Gasteiger charge is 2.42. The van der Waals surface area contributed by atoms with E-state index < -0.39 is 33.9 Å². The lowest BCUT2D eigenvalue weighted by Crippen LogP contribution is -2.42. The molecular formula is C14H15FN2O5S. The number of rotatable bonds is 4. The van der Waals surface area contributed by atoms with E-state index in [1.54, 1.807) is 0 Å². The smallest absolute Gasteiger partial charge is 0.417 e. The van der Waals surface area contributed by atoms with E-state index >= 15 is 0 Å². The van der Waals surface area contributed by atoms with Crippen molar-refractivity contribution in [1.29, 1.82) is 0 Å². The van der Waals surface area contributed by atoms with E-state index in [1.807, 2.05) is 0 Å². The van der Waals surface area contributed by atoms with E-state index in [2.05, 4.69) is 4.74 Å². The molecule has 3 rings (SSSR count). The number of halogens is 1. The minimum Gasteiger partial charge on any atom is -0.439 e. The van der Waals surface area contributed by atoms with Crippen molar-refractivity contribution < 1.29 is 27.1 Å². The Hall–Kier alpha value is -2.00. The summed E-state index contributed by atoms with van der Waals surface area (Å²) in [4.78, 5) is 24.1. The van der Waals surface area contributed by atoms with Crippen LogP contribution in [-0.4, -0.2) is 55.4 Å². The summed E-state index contributed by atoms with van der Waals surface area (Å²) < 4.78 is 43.9. The molecule has 124 valence electrons. The molecule has 1 atom stereocenters. The largest absolute Gasteiger partial charge is 0.439 e. The van der Waals surface area contributed by atoms with Gasteiger partial charge in [-0.25, -0.2) is 22.5 Å². The minimum atomic E-state index is -3.65. The third-order valence-corrected chi connectivity index (χ3v) is 5.72. The van der Waals surface area contributed by atoms with E-state index in [-0.39, 0.29) is 25.4 Å². The van der Waals surface area contributed by atoms with Gasteiger partial charge in [0.05, 0.1) is 11.8 Å². The van der Waals surface area contributed by atoms with Crippen LogP contribution in [0, 0.1) is 5.82 Å². The molecular weight excluding hydrogens is 327 g/mol. The van der Waals surface area contributed by atoms with Crippen LogP contribution in [0.15, 0.2) is 24.3 Å². The second kappa shape index (κ2) is 5.89. The highest BCUT2D eigenvalue weighted by atomic mass is 32.2. The van der Waals surface area contributed by atoms with Crippen molar-refractivity contribution in [1.82, 2.24) is 9.21 Å². The molecule has 0 aromatic heterocycles. The number of carbonyl (C=O) groups is 2. The van der Waals surface area contributed by atoms with Gasteiger partial charge in [-0.2, -0.15) is 4.31 Å². The van der Waals surface area contributed by atoms with Crippen LogP contribution in [0.3, 0.4) is 0 Å². The van der Waals surface area contributed by atoms with Crippen molar-refractivity contribution in [3.63, 3.8) is 0 Å². The predicted octanol–water partition coefficient (Wildman–Crippen LogP) is 0.709. The van der Waals surface area contributed by atoms with Crippen molar-refractivity contribution in [3.8, 4) is 0 Å². The van der Waals surface area contributed by atoms with Crippen molar-refractivity contribution in [2.24, 2.45) is 0 Å². The first-order valence-corrected chi connectivity index (χ1v) is 8.69. The number of ether oxygens (including phenoxy) is 1. The number of imide groups is 1. The maximum absolute atomic E-state index is 13.2. The zero-order chi connectivity index (χ0) is 16.6. The average molecular weight is 342 g/mol. The summed E-state index contributed by atoms with van der Waals surface area (Å²) in [6.45, 7) is -0.0523. The van der Waals surface area contributed by atoms with Crippen molar-refractivity contribution in [2.45, 2.75) is 18.2 Å². The van der Waals surface area contributed by atoms with Crippen LogP contribution in [0.25, 0.3) is 0 Å². The number of hydrogen-bond acceptors (Lipinski definition) is 5. The molecule has 0 N–H and O–H groups in total. The first kappa shape index (κ1) is 15.9. The highest BCUT2D eigenvalue weighted by Crippen LogP contribution is 2.24. The first-order chi connectivity index (χ1) is 10.9. The molecule has 2 fully saturated rings. The second-order valence-electron chi connectivity index (χ2n) is 5.50. The molecule has 0 spiro atoms. The Kier molecular flexibility index (Phi) is 4.07. The number of cyclic esters (lactones) is 1. The topological polar surface area (TPSA) is 84.0 Å².